The van der Waals surface area contributed by atoms with E-state index in [-0.39, 0.29) is 24.0 Å². The fraction of sp³-hybridized carbons (Fsp3) is 0.889. The Morgan fingerprint density at radius 3 is 1.64 bits per heavy atom. The maximum absolute atomic E-state index is 12.4. The molecule has 0 aromatic heterocycles. The van der Waals surface area contributed by atoms with Gasteiger partial charge in [0.25, 0.3) is 0 Å². The molecule has 2 heterocycles. The largest absolute Gasteiger partial charge is 0.379 e. The quantitative estimate of drug-likeness (QED) is 0.707. The predicted octanol–water partition coefficient (Wildman–Crippen LogP) is 1.49. The van der Waals surface area contributed by atoms with E-state index >= 15 is 0 Å². The van der Waals surface area contributed by atoms with Gasteiger partial charge in [-0.15, -0.1) is 11.8 Å². The Labute approximate surface area is 155 Å². The molecule has 7 heteroatoms. The molecule has 4 atom stereocenters. The molecule has 2 amide bonds. The summed E-state index contributed by atoms with van der Waals surface area (Å²) in [5, 5.41) is 0. The second-order valence-corrected chi connectivity index (χ2v) is 8.24. The number of rotatable bonds is 6. The Kier molecular flexibility index (Phi) is 8.03. The van der Waals surface area contributed by atoms with Crippen LogP contribution >= 0.6 is 11.8 Å². The SMILES string of the molecule is COC1CN(C(=O)CSCC(=O)N2CCC(C)C(OC)C2)CCC1C. The van der Waals surface area contributed by atoms with Crippen LogP contribution in [0.3, 0.4) is 0 Å². The molecule has 2 saturated heterocycles. The first-order valence-electron chi connectivity index (χ1n) is 9.15. The lowest BCUT2D eigenvalue weighted by Crippen LogP contribution is -2.48. The minimum absolute atomic E-state index is 0.105. The minimum Gasteiger partial charge on any atom is -0.379 e. The average Bonchev–Trinajstić information content (AvgIpc) is 2.62. The number of nitrogens with zero attached hydrogens (tertiary/aromatic N) is 2. The maximum Gasteiger partial charge on any atom is 0.232 e. The number of thioether (sulfide) groups is 1. The second-order valence-electron chi connectivity index (χ2n) is 7.25. The highest BCUT2D eigenvalue weighted by Crippen LogP contribution is 2.22. The zero-order chi connectivity index (χ0) is 18.4. The van der Waals surface area contributed by atoms with Crippen LogP contribution in [0.2, 0.25) is 0 Å². The highest BCUT2D eigenvalue weighted by Gasteiger charge is 2.30. The van der Waals surface area contributed by atoms with Crippen LogP contribution in [0.15, 0.2) is 0 Å². The van der Waals surface area contributed by atoms with Crippen molar-refractivity contribution < 1.29 is 19.1 Å². The molecule has 25 heavy (non-hydrogen) atoms. The van der Waals surface area contributed by atoms with Crippen LogP contribution in [0.5, 0.6) is 0 Å². The van der Waals surface area contributed by atoms with Gasteiger partial charge in [0, 0.05) is 40.4 Å². The van der Waals surface area contributed by atoms with E-state index in [2.05, 4.69) is 13.8 Å². The van der Waals surface area contributed by atoms with Gasteiger partial charge < -0.3 is 19.3 Å². The molecule has 0 aromatic carbocycles. The number of amides is 2. The van der Waals surface area contributed by atoms with Gasteiger partial charge in [-0.3, -0.25) is 9.59 Å². The van der Waals surface area contributed by atoms with Crippen molar-refractivity contribution >= 4 is 23.6 Å². The summed E-state index contributed by atoms with van der Waals surface area (Å²) in [6, 6.07) is 0. The summed E-state index contributed by atoms with van der Waals surface area (Å²) in [4.78, 5) is 28.5. The third-order valence-electron chi connectivity index (χ3n) is 5.54. The van der Waals surface area contributed by atoms with Crippen LogP contribution < -0.4 is 0 Å². The van der Waals surface area contributed by atoms with E-state index in [1.165, 1.54) is 11.8 Å². The number of ether oxygens (including phenoxy) is 2. The number of hydrogen-bond donors (Lipinski definition) is 0. The molecule has 2 aliphatic heterocycles. The lowest BCUT2D eigenvalue weighted by atomic mass is 9.96. The normalized spacial score (nSPS) is 30.4. The highest BCUT2D eigenvalue weighted by molar-refractivity contribution is 8.00. The minimum atomic E-state index is 0.105. The van der Waals surface area contributed by atoms with Gasteiger partial charge in [0.1, 0.15) is 0 Å². The van der Waals surface area contributed by atoms with Gasteiger partial charge in [-0.1, -0.05) is 13.8 Å². The van der Waals surface area contributed by atoms with Crippen molar-refractivity contribution in [1.82, 2.24) is 9.80 Å². The van der Waals surface area contributed by atoms with E-state index in [0.717, 1.165) is 25.9 Å². The molecule has 0 N–H and O–H groups in total. The first kappa shape index (κ1) is 20.5. The summed E-state index contributed by atoms with van der Waals surface area (Å²) in [6.45, 7) is 7.21. The standard InChI is InChI=1S/C18H32N2O4S/c1-13-5-7-19(9-15(13)23-3)17(21)11-25-12-18(22)20-8-6-14(2)16(10-20)24-4/h13-16H,5-12H2,1-4H3. The smallest absolute Gasteiger partial charge is 0.232 e. The number of likely N-dealkylation sites (tertiary alicyclic amines) is 2. The van der Waals surface area contributed by atoms with Gasteiger partial charge in [-0.25, -0.2) is 0 Å². The fourth-order valence-corrected chi connectivity index (χ4v) is 4.36. The van der Waals surface area contributed by atoms with Crippen LogP contribution in [0.4, 0.5) is 0 Å². The third kappa shape index (κ3) is 5.59. The van der Waals surface area contributed by atoms with Gasteiger partial charge in [0.05, 0.1) is 23.7 Å². The first-order chi connectivity index (χ1) is 12.0. The molecule has 2 fully saturated rings. The van der Waals surface area contributed by atoms with Crippen molar-refractivity contribution in [1.29, 1.82) is 0 Å². The van der Waals surface area contributed by atoms with Gasteiger partial charge in [-0.05, 0) is 24.7 Å². The van der Waals surface area contributed by atoms with E-state index in [1.54, 1.807) is 14.2 Å². The van der Waals surface area contributed by atoms with Crippen LogP contribution in [0, 0.1) is 11.8 Å². The van der Waals surface area contributed by atoms with E-state index in [4.69, 9.17) is 9.47 Å². The number of carbonyl (C=O) groups excluding carboxylic acids is 2. The molecule has 144 valence electrons. The molecule has 0 aromatic rings. The molecule has 0 aliphatic carbocycles. The molecule has 0 radical (unpaired) electrons. The summed E-state index contributed by atoms with van der Waals surface area (Å²) in [5.41, 5.74) is 0. The molecular weight excluding hydrogens is 340 g/mol. The van der Waals surface area contributed by atoms with Gasteiger partial charge in [-0.2, -0.15) is 0 Å². The molecule has 2 rings (SSSR count). The van der Waals surface area contributed by atoms with Gasteiger partial charge in [0.2, 0.25) is 11.8 Å². The predicted molar refractivity (Wildman–Crippen MR) is 99.6 cm³/mol. The molecule has 0 spiro atoms. The molecule has 6 nitrogen and oxygen atoms in total. The Bertz CT molecular complexity index is 422. The summed E-state index contributed by atoms with van der Waals surface area (Å²) in [7, 11) is 3.41. The number of carbonyl (C=O) groups is 2. The molecule has 0 bridgehead atoms. The zero-order valence-electron chi connectivity index (χ0n) is 15.9. The van der Waals surface area contributed by atoms with Gasteiger partial charge in [0.15, 0.2) is 0 Å². The summed E-state index contributed by atoms with van der Waals surface area (Å²) < 4.78 is 10.9. The monoisotopic (exact) mass is 372 g/mol. The molecule has 2 aliphatic rings. The van der Waals surface area contributed by atoms with Crippen molar-refractivity contribution in [3.05, 3.63) is 0 Å². The third-order valence-corrected chi connectivity index (χ3v) is 6.44. The Hall–Kier alpha value is -0.790. The van der Waals surface area contributed by atoms with Crippen molar-refractivity contribution in [2.24, 2.45) is 11.8 Å². The lowest BCUT2D eigenvalue weighted by Gasteiger charge is -2.36. The summed E-state index contributed by atoms with van der Waals surface area (Å²) in [6.07, 6.45) is 2.17. The topological polar surface area (TPSA) is 59.1 Å². The zero-order valence-corrected chi connectivity index (χ0v) is 16.7. The van der Waals surface area contributed by atoms with Gasteiger partial charge >= 0.3 is 0 Å². The van der Waals surface area contributed by atoms with E-state index in [9.17, 15) is 9.59 Å². The van der Waals surface area contributed by atoms with E-state index < -0.39 is 0 Å². The molecule has 0 saturated carbocycles. The second kappa shape index (κ2) is 9.78. The Morgan fingerprint density at radius 1 is 0.880 bits per heavy atom. The highest BCUT2D eigenvalue weighted by atomic mass is 32.2. The molecule has 4 unspecified atom stereocenters. The van der Waals surface area contributed by atoms with Crippen molar-refractivity contribution in [3.8, 4) is 0 Å². The maximum atomic E-state index is 12.4. The van der Waals surface area contributed by atoms with Crippen LogP contribution in [0.1, 0.15) is 26.7 Å². The van der Waals surface area contributed by atoms with Crippen LogP contribution in [0.25, 0.3) is 0 Å². The van der Waals surface area contributed by atoms with Crippen molar-refractivity contribution in [2.75, 3.05) is 51.9 Å². The number of piperidine rings is 2. The lowest BCUT2D eigenvalue weighted by molar-refractivity contribution is -0.133. The van der Waals surface area contributed by atoms with Crippen molar-refractivity contribution in [3.63, 3.8) is 0 Å². The fourth-order valence-electron chi connectivity index (χ4n) is 3.54. The van der Waals surface area contributed by atoms with Crippen LogP contribution in [-0.2, 0) is 19.1 Å². The molecular formula is C18H32N2O4S. The van der Waals surface area contributed by atoms with E-state index in [0.29, 0.717) is 36.4 Å². The summed E-state index contributed by atoms with van der Waals surface area (Å²) in [5.74, 6) is 1.89. The average molecular weight is 373 g/mol. The van der Waals surface area contributed by atoms with Crippen LogP contribution in [-0.4, -0.2) is 85.7 Å². The first-order valence-corrected chi connectivity index (χ1v) is 10.3. The number of methoxy groups -OCH3 is 2. The summed E-state index contributed by atoms with van der Waals surface area (Å²) >= 11 is 1.41. The number of hydrogen-bond acceptors (Lipinski definition) is 5. The van der Waals surface area contributed by atoms with E-state index in [1.807, 2.05) is 9.80 Å². The Balaban J connectivity index is 1.71. The van der Waals surface area contributed by atoms with Crippen molar-refractivity contribution in [2.45, 2.75) is 38.9 Å². The Morgan fingerprint density at radius 2 is 1.28 bits per heavy atom.